The number of ether oxygens (including phenoxy) is 5. The van der Waals surface area contributed by atoms with Crippen molar-refractivity contribution in [3.8, 4) is 11.5 Å². The molecule has 1 aliphatic carbocycles. The maximum atomic E-state index is 13.7. The summed E-state index contributed by atoms with van der Waals surface area (Å²) in [5.41, 5.74) is -0.890. The van der Waals surface area contributed by atoms with Gasteiger partial charge in [-0.2, -0.15) is 0 Å². The maximum Gasteiger partial charge on any atom is 0.342 e. The smallest absolute Gasteiger partial charge is 0.342 e. The van der Waals surface area contributed by atoms with E-state index in [0.29, 0.717) is 23.7 Å². The van der Waals surface area contributed by atoms with E-state index in [0.717, 1.165) is 50.6 Å². The molecule has 3 heterocycles. The lowest BCUT2D eigenvalue weighted by atomic mass is 9.77. The van der Waals surface area contributed by atoms with Gasteiger partial charge in [0.25, 0.3) is 0 Å². The minimum atomic E-state index is -2.48. The molecule has 2 N–H and O–H groups in total. The van der Waals surface area contributed by atoms with Crippen molar-refractivity contribution in [2.75, 3.05) is 34.1 Å². The third kappa shape index (κ3) is 4.23. The highest BCUT2D eigenvalue weighted by atomic mass is 16.7. The molecular formula is C28H37NO9. The number of carbonyl (C=O) groups excluding carboxylic acids is 2. The lowest BCUT2D eigenvalue weighted by molar-refractivity contribution is -0.195. The topological polar surface area (TPSA) is 124 Å². The third-order valence-corrected chi connectivity index (χ3v) is 8.53. The second-order valence-electron chi connectivity index (χ2n) is 11.1. The van der Waals surface area contributed by atoms with Crippen LogP contribution in [0.1, 0.15) is 56.6 Å². The van der Waals surface area contributed by atoms with Crippen molar-refractivity contribution in [2.24, 2.45) is 5.92 Å². The molecule has 1 fully saturated rings. The zero-order valence-electron chi connectivity index (χ0n) is 22.4. The Morgan fingerprint density at radius 1 is 1.21 bits per heavy atom. The van der Waals surface area contributed by atoms with Crippen molar-refractivity contribution in [3.05, 3.63) is 35.1 Å². The SMILES string of the molecule is COC(=O)[C@@H](O)[C@](O)(CCC(C)C)C(=O)O[C@@H]1C(OC)=C[C@@]23CCCN2CCc2cc4c(cc2[C@H]13)OCO4. The van der Waals surface area contributed by atoms with Crippen LogP contribution in [0.5, 0.6) is 11.5 Å². The van der Waals surface area contributed by atoms with Crippen LogP contribution in [-0.4, -0.2) is 84.5 Å². The molecule has 4 aliphatic rings. The van der Waals surface area contributed by atoms with E-state index in [2.05, 4.69) is 9.64 Å². The number of hydrogen-bond donors (Lipinski definition) is 2. The molecule has 0 bridgehead atoms. The van der Waals surface area contributed by atoms with Crippen LogP contribution in [0.25, 0.3) is 0 Å². The van der Waals surface area contributed by atoms with Crippen LogP contribution in [0, 0.1) is 5.92 Å². The van der Waals surface area contributed by atoms with Gasteiger partial charge >= 0.3 is 11.9 Å². The predicted octanol–water partition coefficient (Wildman–Crippen LogP) is 2.05. The highest BCUT2D eigenvalue weighted by molar-refractivity contribution is 5.89. The fraction of sp³-hybridized carbons (Fsp3) is 0.643. The quantitative estimate of drug-likeness (QED) is 0.482. The van der Waals surface area contributed by atoms with E-state index in [-0.39, 0.29) is 25.0 Å². The van der Waals surface area contributed by atoms with Gasteiger partial charge in [0.1, 0.15) is 5.76 Å². The van der Waals surface area contributed by atoms with Crippen LogP contribution in [0.15, 0.2) is 24.0 Å². The van der Waals surface area contributed by atoms with Crippen LogP contribution in [0.2, 0.25) is 0 Å². The van der Waals surface area contributed by atoms with Gasteiger partial charge in [0.05, 0.1) is 25.7 Å². The summed E-state index contributed by atoms with van der Waals surface area (Å²) in [4.78, 5) is 28.4. The number of esters is 2. The average molecular weight is 532 g/mol. The fourth-order valence-electron chi connectivity index (χ4n) is 6.48. The van der Waals surface area contributed by atoms with Crippen LogP contribution < -0.4 is 9.47 Å². The Morgan fingerprint density at radius 2 is 1.95 bits per heavy atom. The summed E-state index contributed by atoms with van der Waals surface area (Å²) < 4.78 is 27.8. The van der Waals surface area contributed by atoms with Gasteiger partial charge in [-0.05, 0) is 73.9 Å². The number of methoxy groups -OCH3 is 2. The molecule has 1 saturated heterocycles. The van der Waals surface area contributed by atoms with Crippen LogP contribution >= 0.6 is 0 Å². The lowest BCUT2D eigenvalue weighted by Gasteiger charge is -2.40. The molecular weight excluding hydrogens is 494 g/mol. The fourth-order valence-corrected chi connectivity index (χ4v) is 6.48. The van der Waals surface area contributed by atoms with Crippen molar-refractivity contribution in [3.63, 3.8) is 0 Å². The molecule has 1 aromatic carbocycles. The molecule has 1 spiro atoms. The zero-order chi connectivity index (χ0) is 27.2. The zero-order valence-corrected chi connectivity index (χ0v) is 22.4. The van der Waals surface area contributed by atoms with E-state index in [9.17, 15) is 19.8 Å². The van der Waals surface area contributed by atoms with E-state index in [1.807, 2.05) is 32.1 Å². The average Bonchev–Trinajstić information content (AvgIpc) is 3.59. The summed E-state index contributed by atoms with van der Waals surface area (Å²) in [6.07, 6.45) is 1.88. The van der Waals surface area contributed by atoms with Crippen LogP contribution in [-0.2, 0) is 30.2 Å². The minimum absolute atomic E-state index is 0.105. The molecule has 0 amide bonds. The number of carbonyl (C=O) groups is 2. The number of aliphatic hydroxyl groups excluding tert-OH is 1. The second kappa shape index (κ2) is 10.1. The van der Waals surface area contributed by atoms with Crippen LogP contribution in [0.3, 0.4) is 0 Å². The monoisotopic (exact) mass is 531 g/mol. The van der Waals surface area contributed by atoms with Gasteiger partial charge in [-0.25, -0.2) is 9.59 Å². The molecule has 0 aromatic heterocycles. The standard InChI is InChI=1S/C28H37NO9/c1-16(2)6-9-28(33,24(30)25(31)35-4)26(32)38-23-21(34-3)14-27-8-5-10-29(27)11-7-17-12-19-20(37-15-36-19)13-18(17)22(23)27/h12-14,16,22-24,30,33H,5-11,15H2,1-4H3/t22-,23-,24-,27-,28-/m1/s1. The first-order valence-corrected chi connectivity index (χ1v) is 13.3. The summed E-state index contributed by atoms with van der Waals surface area (Å²) in [5.74, 6) is -0.634. The molecule has 5 rings (SSSR count). The summed E-state index contributed by atoms with van der Waals surface area (Å²) >= 11 is 0. The van der Waals surface area contributed by atoms with E-state index in [1.165, 1.54) is 7.11 Å². The van der Waals surface area contributed by atoms with Gasteiger partial charge in [-0.1, -0.05) is 13.8 Å². The first-order chi connectivity index (χ1) is 18.1. The number of aliphatic hydroxyl groups is 2. The Kier molecular flexibility index (Phi) is 7.08. The summed E-state index contributed by atoms with van der Waals surface area (Å²) in [6, 6.07) is 3.96. The van der Waals surface area contributed by atoms with Crippen molar-refractivity contribution in [2.45, 2.75) is 75.2 Å². The molecule has 0 unspecified atom stereocenters. The van der Waals surface area contributed by atoms with Crippen LogP contribution in [0.4, 0.5) is 0 Å². The Morgan fingerprint density at radius 3 is 2.63 bits per heavy atom. The molecule has 0 radical (unpaired) electrons. The number of fused-ring (bicyclic) bond motifs is 3. The Balaban J connectivity index is 1.56. The van der Waals surface area contributed by atoms with E-state index >= 15 is 0 Å². The van der Waals surface area contributed by atoms with Crippen molar-refractivity contribution in [1.29, 1.82) is 0 Å². The largest absolute Gasteiger partial charge is 0.497 e. The van der Waals surface area contributed by atoms with Crippen molar-refractivity contribution >= 4 is 11.9 Å². The van der Waals surface area contributed by atoms with Gasteiger partial charge in [0.15, 0.2) is 29.3 Å². The summed E-state index contributed by atoms with van der Waals surface area (Å²) in [6.45, 7) is 5.70. The molecule has 1 aromatic rings. The molecule has 3 aliphatic heterocycles. The Bertz CT molecular complexity index is 1130. The van der Waals surface area contributed by atoms with Gasteiger partial charge in [-0.15, -0.1) is 0 Å². The first-order valence-electron chi connectivity index (χ1n) is 13.3. The molecule has 38 heavy (non-hydrogen) atoms. The third-order valence-electron chi connectivity index (χ3n) is 8.53. The van der Waals surface area contributed by atoms with Crippen molar-refractivity contribution in [1.82, 2.24) is 4.90 Å². The highest BCUT2D eigenvalue weighted by Gasteiger charge is 2.59. The van der Waals surface area contributed by atoms with E-state index in [4.69, 9.17) is 18.9 Å². The molecule has 10 nitrogen and oxygen atoms in total. The molecule has 10 heteroatoms. The summed E-state index contributed by atoms with van der Waals surface area (Å²) in [7, 11) is 2.62. The van der Waals surface area contributed by atoms with Gasteiger partial charge in [0.2, 0.25) is 6.79 Å². The van der Waals surface area contributed by atoms with Gasteiger partial charge in [-0.3, -0.25) is 4.90 Å². The minimum Gasteiger partial charge on any atom is -0.497 e. The molecule has 0 saturated carbocycles. The highest BCUT2D eigenvalue weighted by Crippen LogP contribution is 2.55. The lowest BCUT2D eigenvalue weighted by Crippen LogP contribution is -2.56. The van der Waals surface area contributed by atoms with Crippen molar-refractivity contribution < 1.29 is 43.5 Å². The molecule has 5 atom stereocenters. The second-order valence-corrected chi connectivity index (χ2v) is 11.1. The summed E-state index contributed by atoms with van der Waals surface area (Å²) in [5, 5.41) is 22.1. The van der Waals surface area contributed by atoms with E-state index in [1.54, 1.807) is 0 Å². The molecule has 208 valence electrons. The number of hydrogen-bond acceptors (Lipinski definition) is 10. The predicted molar refractivity (Wildman–Crippen MR) is 135 cm³/mol. The number of rotatable bonds is 8. The number of benzene rings is 1. The maximum absolute atomic E-state index is 13.7. The van der Waals surface area contributed by atoms with Gasteiger partial charge < -0.3 is 33.9 Å². The Labute approximate surface area is 222 Å². The normalized spacial score (nSPS) is 27.9. The first kappa shape index (κ1) is 26.8. The number of nitrogens with zero attached hydrogens (tertiary/aromatic N) is 1. The Hall–Kier alpha value is -2.82. The van der Waals surface area contributed by atoms with Gasteiger partial charge in [0, 0.05) is 6.54 Å². The van der Waals surface area contributed by atoms with E-state index < -0.39 is 35.3 Å².